The van der Waals surface area contributed by atoms with Gasteiger partial charge in [0.25, 0.3) is 5.91 Å². The van der Waals surface area contributed by atoms with Crippen molar-refractivity contribution < 1.29 is 14.3 Å². The number of nitrogens with one attached hydrogen (secondary N) is 2. The zero-order chi connectivity index (χ0) is 16.8. The van der Waals surface area contributed by atoms with Gasteiger partial charge in [-0.05, 0) is 36.4 Å². The summed E-state index contributed by atoms with van der Waals surface area (Å²) in [4.78, 5) is 22.8. The summed E-state index contributed by atoms with van der Waals surface area (Å²) in [5.74, 6) is -0.243. The molecule has 23 heavy (non-hydrogen) atoms. The minimum Gasteiger partial charge on any atom is -0.481 e. The van der Waals surface area contributed by atoms with Crippen LogP contribution in [0.2, 0.25) is 10.0 Å². The van der Waals surface area contributed by atoms with Gasteiger partial charge in [0.2, 0.25) is 5.91 Å². The highest BCUT2D eigenvalue weighted by Crippen LogP contribution is 2.32. The van der Waals surface area contributed by atoms with Crippen molar-refractivity contribution in [3.63, 3.8) is 0 Å². The van der Waals surface area contributed by atoms with Crippen LogP contribution in [0, 0.1) is 0 Å². The van der Waals surface area contributed by atoms with Gasteiger partial charge in [-0.15, -0.1) is 0 Å². The van der Waals surface area contributed by atoms with Crippen molar-refractivity contribution >= 4 is 46.4 Å². The number of carbonyl (C=O) groups is 2. The highest BCUT2D eigenvalue weighted by atomic mass is 35.5. The molecule has 0 fully saturated rings. The molecule has 2 amide bonds. The summed E-state index contributed by atoms with van der Waals surface area (Å²) in [5, 5.41) is 5.98. The summed E-state index contributed by atoms with van der Waals surface area (Å²) in [5.41, 5.74) is 1.23. The number of amides is 2. The van der Waals surface area contributed by atoms with E-state index in [9.17, 15) is 9.59 Å². The SMILES string of the molecule is CC(=O)Nc1ccc(NC(=O)COc2c(Cl)cccc2Cl)cc1. The Morgan fingerprint density at radius 3 is 2.00 bits per heavy atom. The third-order valence-electron chi connectivity index (χ3n) is 2.76. The molecule has 2 aromatic carbocycles. The average Bonchev–Trinajstić information content (AvgIpc) is 2.48. The van der Waals surface area contributed by atoms with E-state index < -0.39 is 0 Å². The van der Waals surface area contributed by atoms with E-state index in [1.807, 2.05) is 0 Å². The lowest BCUT2D eigenvalue weighted by molar-refractivity contribution is -0.118. The topological polar surface area (TPSA) is 67.4 Å². The lowest BCUT2D eigenvalue weighted by atomic mass is 10.2. The van der Waals surface area contributed by atoms with Gasteiger partial charge in [-0.2, -0.15) is 0 Å². The van der Waals surface area contributed by atoms with Crippen LogP contribution >= 0.6 is 23.2 Å². The van der Waals surface area contributed by atoms with Gasteiger partial charge >= 0.3 is 0 Å². The van der Waals surface area contributed by atoms with Gasteiger partial charge in [0.15, 0.2) is 12.4 Å². The van der Waals surface area contributed by atoms with Gasteiger partial charge in [-0.3, -0.25) is 9.59 Å². The Morgan fingerprint density at radius 1 is 0.957 bits per heavy atom. The molecule has 120 valence electrons. The predicted molar refractivity (Wildman–Crippen MR) is 91.3 cm³/mol. The molecule has 2 aromatic rings. The standard InChI is InChI=1S/C16H14Cl2N2O3/c1-10(21)19-11-5-7-12(8-6-11)20-15(22)9-23-16-13(17)3-2-4-14(16)18/h2-8H,9H2,1H3,(H,19,21)(H,20,22). The normalized spacial score (nSPS) is 10.0. The van der Waals surface area contributed by atoms with Gasteiger partial charge < -0.3 is 15.4 Å². The fraction of sp³-hybridized carbons (Fsp3) is 0.125. The van der Waals surface area contributed by atoms with Crippen molar-refractivity contribution in [1.29, 1.82) is 0 Å². The van der Waals surface area contributed by atoms with E-state index in [1.54, 1.807) is 42.5 Å². The Bertz CT molecular complexity index is 698. The van der Waals surface area contributed by atoms with Crippen molar-refractivity contribution in [1.82, 2.24) is 0 Å². The van der Waals surface area contributed by atoms with E-state index >= 15 is 0 Å². The maximum absolute atomic E-state index is 11.9. The van der Waals surface area contributed by atoms with Crippen molar-refractivity contribution in [2.75, 3.05) is 17.2 Å². The number of para-hydroxylation sites is 1. The number of halogens is 2. The summed E-state index contributed by atoms with van der Waals surface area (Å²) in [7, 11) is 0. The molecule has 2 N–H and O–H groups in total. The van der Waals surface area contributed by atoms with Crippen LogP contribution < -0.4 is 15.4 Å². The van der Waals surface area contributed by atoms with Crippen molar-refractivity contribution in [3.05, 3.63) is 52.5 Å². The molecule has 5 nitrogen and oxygen atoms in total. The van der Waals surface area contributed by atoms with Crippen molar-refractivity contribution in [2.45, 2.75) is 6.92 Å². The first-order valence-electron chi connectivity index (χ1n) is 6.70. The van der Waals surface area contributed by atoms with Crippen molar-refractivity contribution in [3.8, 4) is 5.75 Å². The quantitative estimate of drug-likeness (QED) is 0.855. The fourth-order valence-electron chi connectivity index (χ4n) is 1.80. The first-order valence-corrected chi connectivity index (χ1v) is 7.45. The Kier molecular flexibility index (Phi) is 5.84. The first-order chi connectivity index (χ1) is 11.0. The third-order valence-corrected chi connectivity index (χ3v) is 3.35. The molecule has 0 atom stereocenters. The van der Waals surface area contributed by atoms with Crippen molar-refractivity contribution in [2.24, 2.45) is 0 Å². The maximum Gasteiger partial charge on any atom is 0.262 e. The van der Waals surface area contributed by atoms with E-state index in [0.29, 0.717) is 21.4 Å². The molecule has 2 rings (SSSR count). The second kappa shape index (κ2) is 7.85. The number of anilines is 2. The van der Waals surface area contributed by atoms with Crippen LogP contribution in [-0.2, 0) is 9.59 Å². The van der Waals surface area contributed by atoms with Crippen LogP contribution in [0.15, 0.2) is 42.5 Å². The largest absolute Gasteiger partial charge is 0.481 e. The number of rotatable bonds is 5. The molecule has 0 aliphatic carbocycles. The van der Waals surface area contributed by atoms with E-state index in [2.05, 4.69) is 10.6 Å². The summed E-state index contributed by atoms with van der Waals surface area (Å²) >= 11 is 11.9. The molecule has 0 radical (unpaired) electrons. The van der Waals surface area contributed by atoms with E-state index in [1.165, 1.54) is 6.92 Å². The Labute approximate surface area is 143 Å². The van der Waals surface area contributed by atoms with Crippen LogP contribution in [0.1, 0.15) is 6.92 Å². The molecular formula is C16H14Cl2N2O3. The molecule has 0 saturated carbocycles. The fourth-order valence-corrected chi connectivity index (χ4v) is 2.30. The van der Waals surface area contributed by atoms with Gasteiger partial charge in [0.1, 0.15) is 0 Å². The predicted octanol–water partition coefficient (Wildman–Crippen LogP) is 3.97. The summed E-state index contributed by atoms with van der Waals surface area (Å²) < 4.78 is 5.34. The van der Waals surface area contributed by atoms with Crippen LogP contribution in [-0.4, -0.2) is 18.4 Å². The Morgan fingerprint density at radius 2 is 1.48 bits per heavy atom. The molecule has 0 aliphatic heterocycles. The van der Waals surface area contributed by atoms with Crippen LogP contribution in [0.3, 0.4) is 0 Å². The molecule has 0 saturated heterocycles. The number of carbonyl (C=O) groups excluding carboxylic acids is 2. The first kappa shape index (κ1) is 17.1. The zero-order valence-electron chi connectivity index (χ0n) is 12.2. The van der Waals surface area contributed by atoms with Gasteiger partial charge in [0.05, 0.1) is 10.0 Å². The monoisotopic (exact) mass is 352 g/mol. The molecule has 0 aromatic heterocycles. The molecule has 0 heterocycles. The van der Waals surface area contributed by atoms with Gasteiger partial charge in [0, 0.05) is 18.3 Å². The minimum absolute atomic E-state index is 0.160. The van der Waals surface area contributed by atoms with E-state index in [0.717, 1.165) is 0 Å². The zero-order valence-corrected chi connectivity index (χ0v) is 13.7. The molecule has 0 aliphatic rings. The second-order valence-electron chi connectivity index (χ2n) is 4.65. The number of benzene rings is 2. The Balaban J connectivity index is 1.91. The molecular weight excluding hydrogens is 339 g/mol. The van der Waals surface area contributed by atoms with Gasteiger partial charge in [-0.25, -0.2) is 0 Å². The molecule has 0 unspecified atom stereocenters. The smallest absolute Gasteiger partial charge is 0.262 e. The lowest BCUT2D eigenvalue weighted by Crippen LogP contribution is -2.20. The minimum atomic E-state index is -0.353. The lowest BCUT2D eigenvalue weighted by Gasteiger charge is -2.10. The van der Waals surface area contributed by atoms with Gasteiger partial charge in [-0.1, -0.05) is 29.3 Å². The maximum atomic E-state index is 11.9. The molecule has 7 heteroatoms. The third kappa shape index (κ3) is 5.16. The van der Waals surface area contributed by atoms with E-state index in [-0.39, 0.29) is 24.2 Å². The summed E-state index contributed by atoms with van der Waals surface area (Å²) in [6.45, 7) is 1.20. The number of ether oxygens (including phenoxy) is 1. The second-order valence-corrected chi connectivity index (χ2v) is 5.46. The highest BCUT2D eigenvalue weighted by molar-refractivity contribution is 6.37. The molecule has 0 spiro atoms. The van der Waals surface area contributed by atoms with Crippen LogP contribution in [0.5, 0.6) is 5.75 Å². The number of hydrogen-bond acceptors (Lipinski definition) is 3. The van der Waals surface area contributed by atoms with E-state index in [4.69, 9.17) is 27.9 Å². The van der Waals surface area contributed by atoms with Crippen LogP contribution in [0.4, 0.5) is 11.4 Å². The summed E-state index contributed by atoms with van der Waals surface area (Å²) in [6.07, 6.45) is 0. The highest BCUT2D eigenvalue weighted by Gasteiger charge is 2.09. The summed E-state index contributed by atoms with van der Waals surface area (Å²) in [6, 6.07) is 11.7. The van der Waals surface area contributed by atoms with Crippen LogP contribution in [0.25, 0.3) is 0 Å². The Hall–Kier alpha value is -2.24. The molecule has 0 bridgehead atoms. The average molecular weight is 353 g/mol. The number of hydrogen-bond donors (Lipinski definition) is 2.